The van der Waals surface area contributed by atoms with Gasteiger partial charge in [0.25, 0.3) is 0 Å². The Kier molecular flexibility index (Phi) is 3.87. The first kappa shape index (κ1) is 15.0. The summed E-state index contributed by atoms with van der Waals surface area (Å²) in [5.41, 5.74) is 1.17. The van der Waals surface area contributed by atoms with Gasteiger partial charge < -0.3 is 4.90 Å². The molecule has 2 fully saturated rings. The van der Waals surface area contributed by atoms with E-state index in [2.05, 4.69) is 54.7 Å². The van der Waals surface area contributed by atoms with E-state index in [1.807, 2.05) is 0 Å². The molecule has 21 heavy (non-hydrogen) atoms. The molecule has 1 aliphatic heterocycles. The molecule has 0 radical (unpaired) electrons. The van der Waals surface area contributed by atoms with Gasteiger partial charge in [-0.05, 0) is 60.9 Å². The molecular weight excluding hydrogens is 280 g/mol. The Morgan fingerprint density at radius 3 is 2.71 bits per heavy atom. The fraction of sp³-hybridized carbons (Fsp3) is 0.706. The zero-order valence-corrected chi connectivity index (χ0v) is 14.2. The second-order valence-electron chi connectivity index (χ2n) is 7.13. The van der Waals surface area contributed by atoms with Crippen LogP contribution in [-0.2, 0) is 4.79 Å². The minimum absolute atomic E-state index is 0.0401. The monoisotopic (exact) mass is 306 g/mol. The van der Waals surface area contributed by atoms with Crippen molar-refractivity contribution >= 4 is 17.2 Å². The molecule has 1 aromatic heterocycles. The third kappa shape index (κ3) is 2.53. The maximum absolute atomic E-state index is 13.1. The normalized spacial score (nSPS) is 28.2. The van der Waals surface area contributed by atoms with Crippen LogP contribution in [0.25, 0.3) is 0 Å². The highest BCUT2D eigenvalue weighted by Crippen LogP contribution is 2.47. The molecule has 1 N–H and O–H groups in total. The largest absolute Gasteiger partial charge is 0.316 e. The summed E-state index contributed by atoms with van der Waals surface area (Å²) in [5.74, 6) is 1.32. The standard InChI is InChI=1S/C17H26N2OS/c1-5-11(2)14-16(20)19(17(3,4)13-6-7-13)15(18-14)12-8-9-21-10-12/h8-11,13-15,18H,5-7H2,1-4H3. The van der Waals surface area contributed by atoms with Gasteiger partial charge in [-0.2, -0.15) is 11.3 Å². The van der Waals surface area contributed by atoms with Crippen LogP contribution in [0.4, 0.5) is 0 Å². The van der Waals surface area contributed by atoms with Gasteiger partial charge in [0, 0.05) is 5.54 Å². The first-order valence-corrected chi connectivity index (χ1v) is 9.02. The van der Waals surface area contributed by atoms with Gasteiger partial charge in [0.05, 0.1) is 6.04 Å². The van der Waals surface area contributed by atoms with E-state index in [-0.39, 0.29) is 23.7 Å². The highest BCUT2D eigenvalue weighted by Gasteiger charge is 2.52. The van der Waals surface area contributed by atoms with Gasteiger partial charge in [0.15, 0.2) is 0 Å². The van der Waals surface area contributed by atoms with Crippen LogP contribution in [0.1, 0.15) is 58.7 Å². The van der Waals surface area contributed by atoms with Gasteiger partial charge >= 0.3 is 0 Å². The zero-order chi connectivity index (χ0) is 15.2. The number of thiophene rings is 1. The van der Waals surface area contributed by atoms with Crippen LogP contribution in [0, 0.1) is 11.8 Å². The number of nitrogens with one attached hydrogen (secondary N) is 1. The van der Waals surface area contributed by atoms with Gasteiger partial charge in [0.1, 0.15) is 6.17 Å². The van der Waals surface area contributed by atoms with Crippen molar-refractivity contribution in [3.05, 3.63) is 22.4 Å². The fourth-order valence-electron chi connectivity index (χ4n) is 3.52. The summed E-state index contributed by atoms with van der Waals surface area (Å²) in [5, 5.41) is 7.88. The summed E-state index contributed by atoms with van der Waals surface area (Å²) in [6, 6.07) is 2.10. The second kappa shape index (κ2) is 5.40. The number of hydrogen-bond acceptors (Lipinski definition) is 3. The van der Waals surface area contributed by atoms with E-state index in [0.29, 0.717) is 11.8 Å². The van der Waals surface area contributed by atoms with E-state index in [4.69, 9.17) is 0 Å². The molecule has 1 aliphatic carbocycles. The average molecular weight is 306 g/mol. The Balaban J connectivity index is 1.94. The van der Waals surface area contributed by atoms with Crippen molar-refractivity contribution in [3.8, 4) is 0 Å². The molecular formula is C17H26N2OS. The predicted molar refractivity (Wildman–Crippen MR) is 87.1 cm³/mol. The van der Waals surface area contributed by atoms with Gasteiger partial charge in [-0.3, -0.25) is 10.1 Å². The van der Waals surface area contributed by atoms with Crippen molar-refractivity contribution in [2.75, 3.05) is 0 Å². The molecule has 3 nitrogen and oxygen atoms in total. The fourth-order valence-corrected chi connectivity index (χ4v) is 4.19. The molecule has 3 atom stereocenters. The quantitative estimate of drug-likeness (QED) is 0.898. The van der Waals surface area contributed by atoms with E-state index < -0.39 is 0 Å². The summed E-state index contributed by atoms with van der Waals surface area (Å²) in [7, 11) is 0. The lowest BCUT2D eigenvalue weighted by Gasteiger charge is -2.40. The molecule has 2 heterocycles. The smallest absolute Gasteiger partial charge is 0.242 e. The van der Waals surface area contributed by atoms with Gasteiger partial charge in [0.2, 0.25) is 5.91 Å². The van der Waals surface area contributed by atoms with Gasteiger partial charge in [-0.25, -0.2) is 0 Å². The molecule has 4 heteroatoms. The molecule has 1 amide bonds. The SMILES string of the molecule is CCC(C)C1NC(c2ccsc2)N(C(C)(C)C2CC2)C1=O. The van der Waals surface area contributed by atoms with Crippen molar-refractivity contribution in [3.63, 3.8) is 0 Å². The molecule has 1 saturated carbocycles. The van der Waals surface area contributed by atoms with Crippen LogP contribution in [0.5, 0.6) is 0 Å². The molecule has 2 aliphatic rings. The Bertz CT molecular complexity index is 507. The highest BCUT2D eigenvalue weighted by molar-refractivity contribution is 7.07. The number of amides is 1. The molecule has 3 rings (SSSR count). The molecule has 1 saturated heterocycles. The summed E-state index contributed by atoms with van der Waals surface area (Å²) >= 11 is 1.70. The van der Waals surface area contributed by atoms with Gasteiger partial charge in [-0.1, -0.05) is 20.3 Å². The van der Waals surface area contributed by atoms with Crippen molar-refractivity contribution in [2.24, 2.45) is 11.8 Å². The molecule has 1 aromatic rings. The van der Waals surface area contributed by atoms with Crippen LogP contribution in [0.15, 0.2) is 16.8 Å². The Morgan fingerprint density at radius 2 is 2.19 bits per heavy atom. The van der Waals surface area contributed by atoms with E-state index in [1.165, 1.54) is 18.4 Å². The number of rotatable bonds is 5. The highest BCUT2D eigenvalue weighted by atomic mass is 32.1. The van der Waals surface area contributed by atoms with E-state index in [9.17, 15) is 4.79 Å². The van der Waals surface area contributed by atoms with E-state index in [0.717, 1.165) is 6.42 Å². The van der Waals surface area contributed by atoms with E-state index in [1.54, 1.807) is 11.3 Å². The number of carbonyl (C=O) groups is 1. The zero-order valence-electron chi connectivity index (χ0n) is 13.4. The van der Waals surface area contributed by atoms with Crippen LogP contribution in [0.3, 0.4) is 0 Å². The van der Waals surface area contributed by atoms with Crippen LogP contribution >= 0.6 is 11.3 Å². The Morgan fingerprint density at radius 1 is 1.48 bits per heavy atom. The average Bonchev–Trinajstić information content (AvgIpc) is 3.07. The van der Waals surface area contributed by atoms with Crippen LogP contribution in [0.2, 0.25) is 0 Å². The lowest BCUT2D eigenvalue weighted by Crippen LogP contribution is -2.49. The van der Waals surface area contributed by atoms with Crippen molar-refractivity contribution in [2.45, 2.75) is 64.7 Å². The van der Waals surface area contributed by atoms with E-state index >= 15 is 0 Å². The number of hydrogen-bond donors (Lipinski definition) is 1. The topological polar surface area (TPSA) is 32.3 Å². The molecule has 0 spiro atoms. The van der Waals surface area contributed by atoms with Crippen molar-refractivity contribution in [1.82, 2.24) is 10.2 Å². The summed E-state index contributed by atoms with van der Waals surface area (Å²) in [4.78, 5) is 15.2. The maximum atomic E-state index is 13.1. The molecule has 3 unspecified atom stereocenters. The maximum Gasteiger partial charge on any atom is 0.242 e. The number of nitrogens with zero attached hydrogens (tertiary/aromatic N) is 1. The molecule has 0 bridgehead atoms. The third-order valence-electron chi connectivity index (χ3n) is 5.37. The van der Waals surface area contributed by atoms with Crippen LogP contribution < -0.4 is 5.32 Å². The Hall–Kier alpha value is -0.870. The summed E-state index contributed by atoms with van der Waals surface area (Å²) < 4.78 is 0. The summed E-state index contributed by atoms with van der Waals surface area (Å²) in [6.45, 7) is 8.81. The lowest BCUT2D eigenvalue weighted by atomic mass is 9.93. The third-order valence-corrected chi connectivity index (χ3v) is 6.07. The number of carbonyl (C=O) groups excluding carboxylic acids is 1. The van der Waals surface area contributed by atoms with Gasteiger partial charge in [-0.15, -0.1) is 0 Å². The minimum atomic E-state index is -0.0566. The minimum Gasteiger partial charge on any atom is -0.316 e. The predicted octanol–water partition coefficient (Wildman–Crippen LogP) is 3.78. The molecule has 116 valence electrons. The first-order valence-electron chi connectivity index (χ1n) is 8.08. The van der Waals surface area contributed by atoms with Crippen LogP contribution in [-0.4, -0.2) is 22.4 Å². The second-order valence-corrected chi connectivity index (χ2v) is 7.91. The van der Waals surface area contributed by atoms with Crippen molar-refractivity contribution in [1.29, 1.82) is 0 Å². The molecule has 0 aromatic carbocycles. The lowest BCUT2D eigenvalue weighted by molar-refractivity contribution is -0.137. The summed E-state index contributed by atoms with van der Waals surface area (Å²) in [6.07, 6.45) is 3.57. The Labute approximate surface area is 131 Å². The van der Waals surface area contributed by atoms with Crippen molar-refractivity contribution < 1.29 is 4.79 Å². The first-order chi connectivity index (χ1) is 9.96.